The highest BCUT2D eigenvalue weighted by atomic mass is 32.2. The maximum atomic E-state index is 13.0. The number of esters is 1. The molecule has 0 saturated carbocycles. The van der Waals surface area contributed by atoms with Gasteiger partial charge in [-0.15, -0.1) is 0 Å². The number of amides is 1. The van der Waals surface area contributed by atoms with Gasteiger partial charge in [-0.3, -0.25) is 4.79 Å². The largest absolute Gasteiger partial charge is 0.458 e. The van der Waals surface area contributed by atoms with Crippen molar-refractivity contribution in [1.82, 2.24) is 5.32 Å². The summed E-state index contributed by atoms with van der Waals surface area (Å²) < 4.78 is 12.0. The maximum absolute atomic E-state index is 13.0. The van der Waals surface area contributed by atoms with Crippen LogP contribution in [0.3, 0.4) is 0 Å². The van der Waals surface area contributed by atoms with E-state index in [1.807, 2.05) is 18.2 Å². The van der Waals surface area contributed by atoms with Crippen LogP contribution in [0.15, 0.2) is 36.4 Å². The molecule has 2 saturated heterocycles. The Kier molecular flexibility index (Phi) is 6.51. The minimum absolute atomic E-state index is 0.151. The third-order valence-corrected chi connectivity index (χ3v) is 7.01. The summed E-state index contributed by atoms with van der Waals surface area (Å²) in [6.45, 7) is 2.18. The van der Waals surface area contributed by atoms with Crippen molar-refractivity contribution >= 4 is 23.0 Å². The maximum Gasteiger partial charge on any atom is 0.338 e. The molecule has 5 atom stereocenters. The third-order valence-electron chi connectivity index (χ3n) is 6.13. The molecule has 7 heteroatoms. The number of rotatable bonds is 1. The van der Waals surface area contributed by atoms with Crippen molar-refractivity contribution in [1.29, 1.82) is 0 Å². The average molecular weight is 432 g/mol. The van der Waals surface area contributed by atoms with Crippen LogP contribution in [0, 0.1) is 5.92 Å². The van der Waals surface area contributed by atoms with Crippen LogP contribution >= 0.6 is 11.8 Å². The van der Waals surface area contributed by atoms with Crippen molar-refractivity contribution in [2.24, 2.45) is 5.92 Å². The predicted molar refractivity (Wildman–Crippen MR) is 115 cm³/mol. The summed E-state index contributed by atoms with van der Waals surface area (Å²) in [4.78, 5) is 24.7. The first kappa shape index (κ1) is 21.4. The van der Waals surface area contributed by atoms with Crippen LogP contribution in [0.4, 0.5) is 4.79 Å². The van der Waals surface area contributed by atoms with Gasteiger partial charge in [0.05, 0.1) is 17.7 Å². The first-order valence-electron chi connectivity index (χ1n) is 10.7. The van der Waals surface area contributed by atoms with Gasteiger partial charge in [-0.25, -0.2) is 4.79 Å². The second kappa shape index (κ2) is 9.12. The Hall–Kier alpha value is -1.83. The number of thioether (sulfide) groups is 1. The molecule has 0 aromatic heterocycles. The van der Waals surface area contributed by atoms with E-state index in [0.717, 1.165) is 43.0 Å². The Morgan fingerprint density at radius 1 is 1.20 bits per heavy atom. The number of hydrogen-bond donors (Lipinski definition) is 2. The van der Waals surface area contributed by atoms with Crippen LogP contribution in [0.5, 0.6) is 0 Å². The Balaban J connectivity index is 1.60. The van der Waals surface area contributed by atoms with Crippen molar-refractivity contribution in [3.8, 4) is 0 Å². The van der Waals surface area contributed by atoms with Gasteiger partial charge in [0.25, 0.3) is 5.24 Å². The molecule has 6 nitrogen and oxygen atoms in total. The van der Waals surface area contributed by atoms with Gasteiger partial charge in [-0.2, -0.15) is 0 Å². The molecule has 4 rings (SSSR count). The van der Waals surface area contributed by atoms with Crippen molar-refractivity contribution in [2.45, 2.75) is 69.5 Å². The van der Waals surface area contributed by atoms with Gasteiger partial charge in [-0.1, -0.05) is 49.0 Å². The summed E-state index contributed by atoms with van der Waals surface area (Å²) in [6.07, 6.45) is 7.70. The fourth-order valence-corrected chi connectivity index (χ4v) is 5.36. The van der Waals surface area contributed by atoms with Crippen LogP contribution in [0.1, 0.15) is 54.9 Å². The van der Waals surface area contributed by atoms with Crippen molar-refractivity contribution < 1.29 is 24.2 Å². The van der Waals surface area contributed by atoms with Gasteiger partial charge in [0, 0.05) is 18.6 Å². The first-order chi connectivity index (χ1) is 14.4. The molecule has 1 aromatic carbocycles. The van der Waals surface area contributed by atoms with E-state index in [0.29, 0.717) is 23.7 Å². The summed E-state index contributed by atoms with van der Waals surface area (Å²) in [5, 5.41) is 13.9. The van der Waals surface area contributed by atoms with Crippen LogP contribution in [0.2, 0.25) is 0 Å². The highest BCUT2D eigenvalue weighted by Gasteiger charge is 2.49. The average Bonchev–Trinajstić information content (AvgIpc) is 3.16. The van der Waals surface area contributed by atoms with E-state index in [2.05, 4.69) is 24.4 Å². The van der Waals surface area contributed by atoms with Crippen molar-refractivity contribution in [3.63, 3.8) is 0 Å². The molecule has 2 N–H and O–H groups in total. The Bertz CT molecular complexity index is 828. The summed E-state index contributed by atoms with van der Waals surface area (Å²) in [5.41, 5.74) is 1.54. The molecule has 1 aromatic rings. The minimum atomic E-state index is -1.54. The Morgan fingerprint density at radius 2 is 2.03 bits per heavy atom. The topological polar surface area (TPSA) is 84.9 Å². The zero-order chi connectivity index (χ0) is 21.1. The van der Waals surface area contributed by atoms with Gasteiger partial charge < -0.3 is 19.9 Å². The molecule has 0 spiro atoms. The van der Waals surface area contributed by atoms with E-state index in [-0.39, 0.29) is 23.7 Å². The highest BCUT2D eigenvalue weighted by Crippen LogP contribution is 2.37. The summed E-state index contributed by atoms with van der Waals surface area (Å²) in [5.74, 6) is -1.07. The molecule has 3 aliphatic heterocycles. The fraction of sp³-hybridized carbons (Fsp3) is 0.565. The van der Waals surface area contributed by atoms with Crippen LogP contribution < -0.4 is 5.32 Å². The number of aliphatic hydroxyl groups is 1. The zero-order valence-electron chi connectivity index (χ0n) is 17.2. The van der Waals surface area contributed by atoms with Gasteiger partial charge >= 0.3 is 5.97 Å². The normalized spacial score (nSPS) is 35.1. The number of nitrogens with one attached hydrogen (secondary N) is 1. The molecule has 2 fully saturated rings. The number of benzene rings is 1. The summed E-state index contributed by atoms with van der Waals surface area (Å²) >= 11 is 1.14. The highest BCUT2D eigenvalue weighted by molar-refractivity contribution is 8.14. The van der Waals surface area contributed by atoms with Crippen LogP contribution in [-0.4, -0.2) is 46.1 Å². The molecule has 30 heavy (non-hydrogen) atoms. The Labute approximate surface area is 181 Å². The van der Waals surface area contributed by atoms with Gasteiger partial charge in [-0.05, 0) is 43.2 Å². The molecule has 0 aliphatic carbocycles. The van der Waals surface area contributed by atoms with Gasteiger partial charge in [0.2, 0.25) is 0 Å². The number of hydrogen-bond acceptors (Lipinski definition) is 6. The van der Waals surface area contributed by atoms with E-state index in [1.54, 1.807) is 6.07 Å². The number of aryl methyl sites for hydroxylation is 1. The van der Waals surface area contributed by atoms with E-state index in [9.17, 15) is 14.7 Å². The monoisotopic (exact) mass is 431 g/mol. The summed E-state index contributed by atoms with van der Waals surface area (Å²) in [6, 6.07) is 7.03. The minimum Gasteiger partial charge on any atom is -0.458 e. The molecular formula is C23H29NO5S. The molecule has 2 bridgehead atoms. The molecular weight excluding hydrogens is 402 g/mol. The number of allylic oxidation sites excluding steroid dienone is 2. The lowest BCUT2D eigenvalue weighted by Gasteiger charge is -2.43. The molecule has 1 amide bonds. The quantitative estimate of drug-likeness (QED) is 0.519. The van der Waals surface area contributed by atoms with Gasteiger partial charge in [0.1, 0.15) is 6.10 Å². The van der Waals surface area contributed by atoms with E-state index in [1.165, 1.54) is 0 Å². The first-order valence-corrected chi connectivity index (χ1v) is 11.7. The number of carbonyl (C=O) groups excluding carboxylic acids is 2. The molecule has 162 valence electrons. The number of fused-ring (bicyclic) bond motifs is 3. The smallest absolute Gasteiger partial charge is 0.338 e. The molecule has 0 radical (unpaired) electrons. The number of ether oxygens (including phenoxy) is 2. The second-order valence-corrected chi connectivity index (χ2v) is 9.52. The SMILES string of the molecule is C[C@@H]1C=CCCc2ccccc2C(=O)O[C@@H]2CC(CC1)O[C@@](O)([C@@H]1CSC(=O)N1)C2. The van der Waals surface area contributed by atoms with Crippen molar-refractivity contribution in [3.05, 3.63) is 47.5 Å². The van der Waals surface area contributed by atoms with Crippen LogP contribution in [-0.2, 0) is 15.9 Å². The molecule has 3 heterocycles. The van der Waals surface area contributed by atoms with Crippen molar-refractivity contribution in [2.75, 3.05) is 5.75 Å². The van der Waals surface area contributed by atoms with E-state index >= 15 is 0 Å². The fourth-order valence-electron chi connectivity index (χ4n) is 4.47. The van der Waals surface area contributed by atoms with Crippen LogP contribution in [0.25, 0.3) is 0 Å². The van der Waals surface area contributed by atoms with E-state index in [4.69, 9.17) is 9.47 Å². The second-order valence-electron chi connectivity index (χ2n) is 8.53. The summed E-state index contributed by atoms with van der Waals surface area (Å²) in [7, 11) is 0. The lowest BCUT2D eigenvalue weighted by atomic mass is 9.90. The predicted octanol–water partition coefficient (Wildman–Crippen LogP) is 3.82. The van der Waals surface area contributed by atoms with E-state index < -0.39 is 17.9 Å². The Morgan fingerprint density at radius 3 is 2.83 bits per heavy atom. The zero-order valence-corrected chi connectivity index (χ0v) is 18.0. The third kappa shape index (κ3) is 4.90. The van der Waals surface area contributed by atoms with Gasteiger partial charge in [0.15, 0.2) is 5.79 Å². The number of carbonyl (C=O) groups is 2. The molecule has 3 aliphatic rings. The molecule has 1 unspecified atom stereocenters. The lowest BCUT2D eigenvalue weighted by molar-refractivity contribution is -0.282. The lowest BCUT2D eigenvalue weighted by Crippen LogP contribution is -2.58. The standard InChI is InChI=1S/C23H29NO5S/c1-15-6-2-3-7-16-8-4-5-9-19(16)21(25)28-18-12-17(11-10-15)29-23(27,13-18)20-14-30-22(26)24-20/h2,4-6,8-9,15,17-18,20,27H,3,7,10-14H2,1H3,(H,24,26)/t15-,17?,18-,20+,23-/m1/s1.